The number of fused-ring (bicyclic) bond motifs is 1. The summed E-state index contributed by atoms with van der Waals surface area (Å²) in [6.07, 6.45) is 11.7. The lowest BCUT2D eigenvalue weighted by atomic mass is 9.64. The van der Waals surface area contributed by atoms with Gasteiger partial charge in [0.25, 0.3) is 0 Å². The third-order valence-corrected chi connectivity index (χ3v) is 3.71. The van der Waals surface area contributed by atoms with Crippen LogP contribution in [0.1, 0.15) is 33.1 Å². The molecule has 1 heterocycles. The Labute approximate surface area is 90.7 Å². The second-order valence-corrected chi connectivity index (χ2v) is 4.99. The van der Waals surface area contributed by atoms with Crippen LogP contribution in [-0.2, 0) is 9.53 Å². The van der Waals surface area contributed by atoms with E-state index in [1.165, 1.54) is 0 Å². The zero-order chi connectivity index (χ0) is 11.1. The minimum atomic E-state index is -0.451. The highest BCUT2D eigenvalue weighted by molar-refractivity contribution is 5.81. The molecule has 2 heteroatoms. The summed E-state index contributed by atoms with van der Waals surface area (Å²) in [6.45, 7) is 3.96. The maximum Gasteiger partial charge on any atom is 0.314 e. The van der Waals surface area contributed by atoms with Crippen LogP contribution in [0.2, 0.25) is 0 Å². The predicted molar refractivity (Wildman–Crippen MR) is 57.9 cm³/mol. The molecule has 1 aliphatic heterocycles. The van der Waals surface area contributed by atoms with Crippen LogP contribution < -0.4 is 0 Å². The lowest BCUT2D eigenvalue weighted by Crippen LogP contribution is -2.38. The number of allylic oxidation sites excluding steroid dienone is 2. The molecule has 2 rings (SSSR count). The topological polar surface area (TPSA) is 26.3 Å². The van der Waals surface area contributed by atoms with Gasteiger partial charge in [-0.05, 0) is 26.7 Å². The van der Waals surface area contributed by atoms with Gasteiger partial charge in [-0.1, -0.05) is 12.2 Å². The molecule has 0 saturated carbocycles. The van der Waals surface area contributed by atoms with Gasteiger partial charge in [-0.15, -0.1) is 12.3 Å². The van der Waals surface area contributed by atoms with E-state index in [0.717, 1.165) is 12.8 Å². The van der Waals surface area contributed by atoms with Crippen molar-refractivity contribution in [3.05, 3.63) is 12.2 Å². The van der Waals surface area contributed by atoms with Crippen LogP contribution in [0.4, 0.5) is 0 Å². The Morgan fingerprint density at radius 2 is 2.33 bits per heavy atom. The van der Waals surface area contributed by atoms with E-state index < -0.39 is 5.41 Å². The number of esters is 1. The van der Waals surface area contributed by atoms with Gasteiger partial charge in [-0.2, -0.15) is 0 Å². The molecule has 0 amide bonds. The number of cyclic esters (lactones) is 1. The molecule has 0 N–H and O–H groups in total. The molecule has 0 unspecified atom stereocenters. The maximum atomic E-state index is 12.0. The van der Waals surface area contributed by atoms with Crippen molar-refractivity contribution in [2.45, 2.75) is 38.7 Å². The molecule has 0 spiro atoms. The number of terminal acetylenes is 1. The summed E-state index contributed by atoms with van der Waals surface area (Å²) in [4.78, 5) is 12.0. The van der Waals surface area contributed by atoms with Crippen molar-refractivity contribution in [2.24, 2.45) is 11.3 Å². The molecule has 1 saturated heterocycles. The fourth-order valence-corrected chi connectivity index (χ4v) is 2.93. The number of carbonyl (C=O) groups is 1. The second-order valence-electron chi connectivity index (χ2n) is 4.99. The molecule has 0 aromatic rings. The van der Waals surface area contributed by atoms with E-state index in [0.29, 0.717) is 6.42 Å². The Morgan fingerprint density at radius 1 is 1.60 bits per heavy atom. The van der Waals surface area contributed by atoms with Gasteiger partial charge in [-0.25, -0.2) is 0 Å². The average molecular weight is 204 g/mol. The molecule has 2 nitrogen and oxygen atoms in total. The number of rotatable bonds is 1. The summed E-state index contributed by atoms with van der Waals surface area (Å²) in [5, 5.41) is 0. The highest BCUT2D eigenvalue weighted by atomic mass is 16.6. The smallest absolute Gasteiger partial charge is 0.314 e. The van der Waals surface area contributed by atoms with Crippen molar-refractivity contribution in [1.82, 2.24) is 0 Å². The summed E-state index contributed by atoms with van der Waals surface area (Å²) >= 11 is 0. The van der Waals surface area contributed by atoms with Crippen LogP contribution in [0.3, 0.4) is 0 Å². The van der Waals surface area contributed by atoms with Crippen molar-refractivity contribution < 1.29 is 9.53 Å². The Bertz CT molecular complexity index is 359. The largest absolute Gasteiger partial charge is 0.459 e. The Balaban J connectivity index is 2.44. The van der Waals surface area contributed by atoms with Crippen LogP contribution >= 0.6 is 0 Å². The molecule has 1 fully saturated rings. The monoisotopic (exact) mass is 204 g/mol. The molecule has 80 valence electrons. The minimum absolute atomic E-state index is 0.111. The van der Waals surface area contributed by atoms with Crippen LogP contribution in [0.15, 0.2) is 12.2 Å². The van der Waals surface area contributed by atoms with Crippen LogP contribution in [-0.4, -0.2) is 11.6 Å². The standard InChI is InChI=1S/C13H16O2/c1-4-8-13-9-6-5-7-10(13)12(2,3)15-11(13)14/h1,5-6,10H,7-9H2,2-3H3/t10-,13-/m0/s1. The molecular formula is C13H16O2. The Hall–Kier alpha value is -1.23. The highest BCUT2D eigenvalue weighted by Crippen LogP contribution is 2.53. The zero-order valence-electron chi connectivity index (χ0n) is 9.25. The van der Waals surface area contributed by atoms with Crippen molar-refractivity contribution >= 4 is 5.97 Å². The number of hydrogen-bond donors (Lipinski definition) is 0. The fraction of sp³-hybridized carbons (Fsp3) is 0.615. The van der Waals surface area contributed by atoms with E-state index in [2.05, 4.69) is 18.1 Å². The molecule has 2 aliphatic rings. The van der Waals surface area contributed by atoms with Crippen molar-refractivity contribution in [3.8, 4) is 12.3 Å². The summed E-state index contributed by atoms with van der Waals surface area (Å²) in [7, 11) is 0. The summed E-state index contributed by atoms with van der Waals surface area (Å²) in [5.74, 6) is 2.74. The van der Waals surface area contributed by atoms with E-state index >= 15 is 0 Å². The summed E-state index contributed by atoms with van der Waals surface area (Å²) in [5.41, 5.74) is -0.828. The highest BCUT2D eigenvalue weighted by Gasteiger charge is 2.60. The molecule has 1 aliphatic carbocycles. The van der Waals surface area contributed by atoms with E-state index in [-0.39, 0.29) is 17.5 Å². The van der Waals surface area contributed by atoms with Crippen molar-refractivity contribution in [2.75, 3.05) is 0 Å². The normalized spacial score (nSPS) is 36.9. The predicted octanol–water partition coefficient (Wildman–Crippen LogP) is 2.30. The molecule has 0 bridgehead atoms. The van der Waals surface area contributed by atoms with E-state index in [4.69, 9.17) is 11.2 Å². The average Bonchev–Trinajstić information content (AvgIpc) is 2.36. The molecule has 0 aromatic heterocycles. The summed E-state index contributed by atoms with van der Waals surface area (Å²) in [6, 6.07) is 0. The first-order valence-corrected chi connectivity index (χ1v) is 5.35. The van der Waals surface area contributed by atoms with Crippen LogP contribution in [0.5, 0.6) is 0 Å². The molecule has 0 radical (unpaired) electrons. The maximum absolute atomic E-state index is 12.0. The van der Waals surface area contributed by atoms with Gasteiger partial charge in [0.1, 0.15) is 5.60 Å². The minimum Gasteiger partial charge on any atom is -0.459 e. The van der Waals surface area contributed by atoms with E-state index in [9.17, 15) is 4.79 Å². The first kappa shape index (κ1) is 10.3. The molecular weight excluding hydrogens is 188 g/mol. The second kappa shape index (κ2) is 3.13. The zero-order valence-corrected chi connectivity index (χ0v) is 9.25. The van der Waals surface area contributed by atoms with Crippen LogP contribution in [0.25, 0.3) is 0 Å². The van der Waals surface area contributed by atoms with Gasteiger partial charge in [0.15, 0.2) is 0 Å². The van der Waals surface area contributed by atoms with Gasteiger partial charge in [0, 0.05) is 12.3 Å². The SMILES string of the molecule is C#CC[C@]12CC=CC[C@H]1C(C)(C)OC2=O. The molecule has 0 aromatic carbocycles. The first-order valence-electron chi connectivity index (χ1n) is 5.35. The van der Waals surface area contributed by atoms with Gasteiger partial charge >= 0.3 is 5.97 Å². The van der Waals surface area contributed by atoms with Crippen molar-refractivity contribution in [1.29, 1.82) is 0 Å². The van der Waals surface area contributed by atoms with E-state index in [1.54, 1.807) is 0 Å². The molecule has 2 atom stereocenters. The van der Waals surface area contributed by atoms with Crippen molar-refractivity contribution in [3.63, 3.8) is 0 Å². The number of carbonyl (C=O) groups excluding carboxylic acids is 1. The lowest BCUT2D eigenvalue weighted by Gasteiger charge is -2.35. The number of hydrogen-bond acceptors (Lipinski definition) is 2. The van der Waals surface area contributed by atoms with Gasteiger partial charge in [0.05, 0.1) is 5.41 Å². The number of ether oxygens (including phenoxy) is 1. The fourth-order valence-electron chi connectivity index (χ4n) is 2.93. The summed E-state index contributed by atoms with van der Waals surface area (Å²) < 4.78 is 5.48. The first-order chi connectivity index (χ1) is 7.03. The quantitative estimate of drug-likeness (QED) is 0.372. The third kappa shape index (κ3) is 1.30. The van der Waals surface area contributed by atoms with Crippen LogP contribution in [0, 0.1) is 23.7 Å². The van der Waals surface area contributed by atoms with Gasteiger partial charge in [0.2, 0.25) is 0 Å². The van der Waals surface area contributed by atoms with Gasteiger partial charge < -0.3 is 4.74 Å². The van der Waals surface area contributed by atoms with Gasteiger partial charge in [-0.3, -0.25) is 4.79 Å². The Morgan fingerprint density at radius 3 is 3.00 bits per heavy atom. The molecule has 15 heavy (non-hydrogen) atoms. The third-order valence-electron chi connectivity index (χ3n) is 3.71. The Kier molecular flexibility index (Phi) is 2.15. The lowest BCUT2D eigenvalue weighted by molar-refractivity contribution is -0.152. The van der Waals surface area contributed by atoms with E-state index in [1.807, 2.05) is 13.8 Å².